The van der Waals surface area contributed by atoms with Crippen LogP contribution in [-0.2, 0) is 16.1 Å². The van der Waals surface area contributed by atoms with E-state index in [1.165, 1.54) is 0 Å². The number of carbonyl (C=O) groups is 2. The zero-order valence-corrected chi connectivity index (χ0v) is 13.5. The number of rotatable bonds is 6. The fourth-order valence-electron chi connectivity index (χ4n) is 2.66. The van der Waals surface area contributed by atoms with Crippen molar-refractivity contribution in [1.29, 1.82) is 0 Å². The van der Waals surface area contributed by atoms with Crippen LogP contribution in [0, 0.1) is 0 Å². The maximum absolute atomic E-state index is 12.1. The van der Waals surface area contributed by atoms with Gasteiger partial charge in [-0.25, -0.2) is 4.98 Å². The van der Waals surface area contributed by atoms with Crippen LogP contribution in [0.15, 0.2) is 6.20 Å². The van der Waals surface area contributed by atoms with Gasteiger partial charge in [-0.05, 0) is 13.3 Å². The fourth-order valence-corrected chi connectivity index (χ4v) is 2.66. The lowest BCUT2D eigenvalue weighted by Crippen LogP contribution is -2.40. The van der Waals surface area contributed by atoms with Gasteiger partial charge in [0.25, 0.3) is 5.91 Å². The molecule has 0 radical (unpaired) electrons. The number of ether oxygens (including phenoxy) is 1. The van der Waals surface area contributed by atoms with Gasteiger partial charge in [0, 0.05) is 39.4 Å². The molecule has 1 atom stereocenters. The maximum atomic E-state index is 12.1. The second-order valence-electron chi connectivity index (χ2n) is 5.44. The lowest BCUT2D eigenvalue weighted by Gasteiger charge is -2.33. The number of hydrogen-bond donors (Lipinski definition) is 1. The van der Waals surface area contributed by atoms with E-state index in [9.17, 15) is 9.59 Å². The molecule has 0 unspecified atom stereocenters. The average Bonchev–Trinajstić information content (AvgIpc) is 2.93. The topological polar surface area (TPSA) is 76.5 Å². The van der Waals surface area contributed by atoms with E-state index in [2.05, 4.69) is 10.3 Å². The van der Waals surface area contributed by atoms with E-state index >= 15 is 0 Å². The third-order valence-electron chi connectivity index (χ3n) is 3.84. The lowest BCUT2D eigenvalue weighted by atomic mass is 10.2. The molecule has 0 saturated heterocycles. The Morgan fingerprint density at radius 1 is 1.45 bits per heavy atom. The van der Waals surface area contributed by atoms with Crippen LogP contribution in [0.5, 0.6) is 0 Å². The summed E-state index contributed by atoms with van der Waals surface area (Å²) < 4.78 is 6.87. The van der Waals surface area contributed by atoms with Crippen molar-refractivity contribution in [3.05, 3.63) is 17.7 Å². The number of carbonyl (C=O) groups excluding carboxylic acids is 2. The first-order valence-electron chi connectivity index (χ1n) is 7.72. The van der Waals surface area contributed by atoms with Gasteiger partial charge >= 0.3 is 0 Å². The van der Waals surface area contributed by atoms with Crippen molar-refractivity contribution >= 4 is 11.8 Å². The molecule has 22 heavy (non-hydrogen) atoms. The van der Waals surface area contributed by atoms with Gasteiger partial charge in [0.15, 0.2) is 0 Å². The van der Waals surface area contributed by atoms with E-state index in [0.29, 0.717) is 38.4 Å². The minimum atomic E-state index is -0.211. The molecular formula is C15H24N4O3. The zero-order valence-electron chi connectivity index (χ0n) is 13.5. The van der Waals surface area contributed by atoms with Crippen LogP contribution in [0.2, 0.25) is 0 Å². The summed E-state index contributed by atoms with van der Waals surface area (Å²) in [4.78, 5) is 30.4. The van der Waals surface area contributed by atoms with Gasteiger partial charge in [0.1, 0.15) is 11.5 Å². The van der Waals surface area contributed by atoms with Crippen LogP contribution in [0.3, 0.4) is 0 Å². The number of imidazole rings is 1. The van der Waals surface area contributed by atoms with Crippen molar-refractivity contribution < 1.29 is 14.3 Å². The lowest BCUT2D eigenvalue weighted by molar-refractivity contribution is -0.134. The molecule has 0 aliphatic carbocycles. The predicted octanol–water partition coefficient (Wildman–Crippen LogP) is 0.963. The van der Waals surface area contributed by atoms with E-state index in [0.717, 1.165) is 12.2 Å². The standard InChI is InChI=1S/C15H24N4O3/c1-4-5-13(20)19-8-7-18-10-12(17-14(18)11(19)2)15(21)16-6-9-22-3/h10-11H,4-9H2,1-3H3,(H,16,21)/t11-/m1/s1. The largest absolute Gasteiger partial charge is 0.383 e. The molecular weight excluding hydrogens is 284 g/mol. The molecule has 1 aliphatic heterocycles. The maximum Gasteiger partial charge on any atom is 0.271 e. The van der Waals surface area contributed by atoms with Crippen LogP contribution in [-0.4, -0.2) is 53.1 Å². The third kappa shape index (κ3) is 3.47. The third-order valence-corrected chi connectivity index (χ3v) is 3.84. The zero-order chi connectivity index (χ0) is 16.1. The Kier molecular flexibility index (Phi) is 5.54. The first kappa shape index (κ1) is 16.5. The summed E-state index contributed by atoms with van der Waals surface area (Å²) in [6, 6.07) is -0.103. The van der Waals surface area contributed by atoms with E-state index in [-0.39, 0.29) is 17.9 Å². The second kappa shape index (κ2) is 7.40. The molecule has 0 fully saturated rings. The molecule has 2 heterocycles. The van der Waals surface area contributed by atoms with Gasteiger partial charge in [-0.3, -0.25) is 9.59 Å². The second-order valence-corrected chi connectivity index (χ2v) is 5.44. The van der Waals surface area contributed by atoms with Gasteiger partial charge in [0.05, 0.1) is 12.6 Å². The fraction of sp³-hybridized carbons (Fsp3) is 0.667. The minimum absolute atomic E-state index is 0.103. The molecule has 122 valence electrons. The Labute approximate surface area is 130 Å². The molecule has 2 rings (SSSR count). The molecule has 0 aromatic carbocycles. The minimum Gasteiger partial charge on any atom is -0.383 e. The molecule has 1 aliphatic rings. The predicted molar refractivity (Wildman–Crippen MR) is 81.5 cm³/mol. The van der Waals surface area contributed by atoms with Crippen LogP contribution in [0.4, 0.5) is 0 Å². The molecule has 7 nitrogen and oxygen atoms in total. The summed E-state index contributed by atoms with van der Waals surface area (Å²) in [5.74, 6) is 0.709. The Morgan fingerprint density at radius 3 is 2.91 bits per heavy atom. The Morgan fingerprint density at radius 2 is 2.23 bits per heavy atom. The van der Waals surface area contributed by atoms with Crippen molar-refractivity contribution in [3.8, 4) is 0 Å². The Balaban J connectivity index is 2.08. The van der Waals surface area contributed by atoms with Gasteiger partial charge in [-0.1, -0.05) is 6.92 Å². The number of aromatic nitrogens is 2. The van der Waals surface area contributed by atoms with Crippen molar-refractivity contribution in [2.24, 2.45) is 0 Å². The summed E-state index contributed by atoms with van der Waals surface area (Å²) >= 11 is 0. The van der Waals surface area contributed by atoms with Crippen LogP contribution in [0.25, 0.3) is 0 Å². The molecule has 1 aromatic rings. The first-order chi connectivity index (χ1) is 10.6. The highest BCUT2D eigenvalue weighted by Gasteiger charge is 2.29. The molecule has 0 bridgehead atoms. The summed E-state index contributed by atoms with van der Waals surface area (Å²) in [5.41, 5.74) is 0.391. The number of nitrogens with one attached hydrogen (secondary N) is 1. The summed E-state index contributed by atoms with van der Waals surface area (Å²) in [5, 5.41) is 2.76. The number of fused-ring (bicyclic) bond motifs is 1. The highest BCUT2D eigenvalue weighted by molar-refractivity contribution is 5.92. The molecule has 0 saturated carbocycles. The Hall–Kier alpha value is -1.89. The molecule has 1 N–H and O–H groups in total. The SMILES string of the molecule is CCCC(=O)N1CCn2cc(C(=O)NCCOC)nc2[C@H]1C. The number of hydrogen-bond acceptors (Lipinski definition) is 4. The number of nitrogens with zero attached hydrogens (tertiary/aromatic N) is 3. The van der Waals surface area contributed by atoms with Crippen LogP contribution in [0.1, 0.15) is 49.0 Å². The number of amides is 2. The Bertz CT molecular complexity index is 541. The first-order valence-corrected chi connectivity index (χ1v) is 7.72. The average molecular weight is 308 g/mol. The molecule has 7 heteroatoms. The van der Waals surface area contributed by atoms with Gasteiger partial charge < -0.3 is 19.5 Å². The monoisotopic (exact) mass is 308 g/mol. The quantitative estimate of drug-likeness (QED) is 0.794. The summed E-state index contributed by atoms with van der Waals surface area (Å²) in [7, 11) is 1.59. The summed E-state index contributed by atoms with van der Waals surface area (Å²) in [6.45, 7) is 6.21. The smallest absolute Gasteiger partial charge is 0.271 e. The van der Waals surface area contributed by atoms with Crippen molar-refractivity contribution in [2.75, 3.05) is 26.8 Å². The summed E-state index contributed by atoms with van der Waals surface area (Å²) in [6.07, 6.45) is 3.15. The van der Waals surface area contributed by atoms with Gasteiger partial charge in [-0.2, -0.15) is 0 Å². The van der Waals surface area contributed by atoms with Gasteiger partial charge in [0.2, 0.25) is 5.91 Å². The van der Waals surface area contributed by atoms with Crippen molar-refractivity contribution in [2.45, 2.75) is 39.3 Å². The molecule has 2 amide bonds. The van der Waals surface area contributed by atoms with E-state index in [4.69, 9.17) is 4.74 Å². The van der Waals surface area contributed by atoms with E-state index in [1.807, 2.05) is 23.3 Å². The van der Waals surface area contributed by atoms with Crippen molar-refractivity contribution in [3.63, 3.8) is 0 Å². The van der Waals surface area contributed by atoms with Crippen LogP contribution < -0.4 is 5.32 Å². The molecule has 1 aromatic heterocycles. The van der Waals surface area contributed by atoms with Crippen molar-refractivity contribution in [1.82, 2.24) is 19.8 Å². The van der Waals surface area contributed by atoms with E-state index < -0.39 is 0 Å². The van der Waals surface area contributed by atoms with Crippen LogP contribution >= 0.6 is 0 Å². The van der Waals surface area contributed by atoms with E-state index in [1.54, 1.807) is 13.3 Å². The highest BCUT2D eigenvalue weighted by Crippen LogP contribution is 2.25. The molecule has 0 spiro atoms. The normalized spacial score (nSPS) is 17.2. The van der Waals surface area contributed by atoms with Gasteiger partial charge in [-0.15, -0.1) is 0 Å². The number of methoxy groups -OCH3 is 1. The highest BCUT2D eigenvalue weighted by atomic mass is 16.5.